The molecule has 1 aromatic rings. The maximum atomic E-state index is 10.7. The molecule has 0 aliphatic heterocycles. The number of hydrogen-bond acceptors (Lipinski definition) is 6. The van der Waals surface area contributed by atoms with Gasteiger partial charge in [0, 0.05) is 6.54 Å². The highest BCUT2D eigenvalue weighted by Crippen LogP contribution is 2.25. The first-order valence-electron chi connectivity index (χ1n) is 4.96. The lowest BCUT2D eigenvalue weighted by molar-refractivity contribution is -0.386. The molecule has 0 fully saturated rings. The predicted molar refractivity (Wildman–Crippen MR) is 58.6 cm³/mol. The van der Waals surface area contributed by atoms with Crippen molar-refractivity contribution in [3.05, 3.63) is 16.3 Å². The Labute approximate surface area is 93.0 Å². The molecule has 88 valence electrons. The lowest BCUT2D eigenvalue weighted by Crippen LogP contribution is -2.11. The van der Waals surface area contributed by atoms with E-state index >= 15 is 0 Å². The fraction of sp³-hybridized carbons (Fsp3) is 0.556. The lowest BCUT2D eigenvalue weighted by Gasteiger charge is -2.09. The molecular formula is C9H14N4O3. The molecule has 1 N–H and O–H groups in total. The fourth-order valence-electron chi connectivity index (χ4n) is 1.04. The molecule has 7 nitrogen and oxygen atoms in total. The van der Waals surface area contributed by atoms with E-state index in [0.29, 0.717) is 12.5 Å². The Morgan fingerprint density at radius 2 is 2.31 bits per heavy atom. The number of nitrogens with one attached hydrogen (secondary N) is 1. The van der Waals surface area contributed by atoms with Crippen LogP contribution >= 0.6 is 0 Å². The van der Waals surface area contributed by atoms with Crippen molar-refractivity contribution in [1.82, 2.24) is 9.97 Å². The molecule has 1 rings (SSSR count). The van der Waals surface area contributed by atoms with Crippen molar-refractivity contribution >= 4 is 11.6 Å². The highest BCUT2D eigenvalue weighted by atomic mass is 16.6. The average molecular weight is 226 g/mol. The van der Waals surface area contributed by atoms with Crippen LogP contribution in [0.25, 0.3) is 0 Å². The van der Waals surface area contributed by atoms with Crippen LogP contribution in [0.4, 0.5) is 11.6 Å². The Hall–Kier alpha value is -1.92. The van der Waals surface area contributed by atoms with Crippen LogP contribution in [0.3, 0.4) is 0 Å². The van der Waals surface area contributed by atoms with E-state index < -0.39 is 4.92 Å². The Morgan fingerprint density at radius 3 is 2.81 bits per heavy atom. The van der Waals surface area contributed by atoms with Gasteiger partial charge in [-0.05, 0) is 20.8 Å². The number of nitrogens with zero attached hydrogens (tertiary/aromatic N) is 3. The zero-order valence-electron chi connectivity index (χ0n) is 9.43. The summed E-state index contributed by atoms with van der Waals surface area (Å²) in [6.07, 6.45) is 0.964. The highest BCUT2D eigenvalue weighted by Gasteiger charge is 2.19. The Balaban J connectivity index is 3.05. The quantitative estimate of drug-likeness (QED) is 0.605. The van der Waals surface area contributed by atoms with Gasteiger partial charge in [0.05, 0.1) is 11.0 Å². The van der Waals surface area contributed by atoms with E-state index in [9.17, 15) is 10.1 Å². The minimum Gasteiger partial charge on any atom is -0.470 e. The summed E-state index contributed by atoms with van der Waals surface area (Å²) in [7, 11) is 0. The molecule has 0 aromatic carbocycles. The van der Waals surface area contributed by atoms with Crippen molar-refractivity contribution in [1.29, 1.82) is 0 Å². The summed E-state index contributed by atoms with van der Waals surface area (Å²) in [5.41, 5.74) is -0.227. The van der Waals surface area contributed by atoms with E-state index in [1.165, 1.54) is 0 Å². The molecule has 0 saturated heterocycles. The van der Waals surface area contributed by atoms with Gasteiger partial charge in [-0.2, -0.15) is 4.98 Å². The third-order valence-corrected chi connectivity index (χ3v) is 1.61. The van der Waals surface area contributed by atoms with Crippen LogP contribution in [0, 0.1) is 10.1 Å². The van der Waals surface area contributed by atoms with Gasteiger partial charge in [0.2, 0.25) is 5.95 Å². The molecule has 1 aromatic heterocycles. The summed E-state index contributed by atoms with van der Waals surface area (Å²) in [6.45, 7) is 6.07. The minimum absolute atomic E-state index is 0.00838. The van der Waals surface area contributed by atoms with Gasteiger partial charge in [-0.1, -0.05) is 0 Å². The monoisotopic (exact) mass is 226 g/mol. The van der Waals surface area contributed by atoms with Crippen molar-refractivity contribution < 1.29 is 9.66 Å². The van der Waals surface area contributed by atoms with Crippen LogP contribution in [0.2, 0.25) is 0 Å². The van der Waals surface area contributed by atoms with E-state index in [4.69, 9.17) is 4.74 Å². The molecule has 0 amide bonds. The summed E-state index contributed by atoms with van der Waals surface area (Å²) < 4.78 is 5.26. The molecule has 0 saturated carbocycles. The zero-order valence-corrected chi connectivity index (χ0v) is 9.43. The second-order valence-corrected chi connectivity index (χ2v) is 3.34. The maximum Gasteiger partial charge on any atom is 0.349 e. The van der Waals surface area contributed by atoms with Crippen molar-refractivity contribution in [2.75, 3.05) is 11.9 Å². The Morgan fingerprint density at radius 1 is 1.62 bits per heavy atom. The van der Waals surface area contributed by atoms with E-state index in [-0.39, 0.29) is 17.7 Å². The number of hydrogen-bond donors (Lipinski definition) is 1. The summed E-state index contributed by atoms with van der Waals surface area (Å²) in [6, 6.07) is 0. The van der Waals surface area contributed by atoms with E-state index in [2.05, 4.69) is 15.3 Å². The summed E-state index contributed by atoms with van der Waals surface area (Å²) in [5.74, 6) is 0.315. The number of anilines is 1. The number of rotatable bonds is 5. The standard InChI is InChI=1S/C9H14N4O3/c1-4-10-9-11-5-7(13(14)15)8(12-9)16-6(2)3/h5-6H,4H2,1-3H3,(H,10,11,12). The van der Waals surface area contributed by atoms with Gasteiger partial charge in [0.15, 0.2) is 0 Å². The fourth-order valence-corrected chi connectivity index (χ4v) is 1.04. The number of nitro groups is 1. The zero-order chi connectivity index (χ0) is 12.1. The van der Waals surface area contributed by atoms with Gasteiger partial charge in [0.25, 0.3) is 5.88 Å². The average Bonchev–Trinajstić information content (AvgIpc) is 2.16. The smallest absolute Gasteiger partial charge is 0.349 e. The van der Waals surface area contributed by atoms with Gasteiger partial charge >= 0.3 is 5.69 Å². The third-order valence-electron chi connectivity index (χ3n) is 1.61. The molecule has 0 unspecified atom stereocenters. The molecule has 0 aliphatic carbocycles. The van der Waals surface area contributed by atoms with E-state index in [1.54, 1.807) is 13.8 Å². The van der Waals surface area contributed by atoms with Crippen molar-refractivity contribution in [2.24, 2.45) is 0 Å². The summed E-state index contributed by atoms with van der Waals surface area (Å²) in [5, 5.41) is 13.6. The number of ether oxygens (including phenoxy) is 1. The first-order valence-corrected chi connectivity index (χ1v) is 4.96. The molecular weight excluding hydrogens is 212 g/mol. The molecule has 0 bridgehead atoms. The topological polar surface area (TPSA) is 90.2 Å². The van der Waals surface area contributed by atoms with Crippen molar-refractivity contribution in [3.8, 4) is 5.88 Å². The lowest BCUT2D eigenvalue weighted by atomic mass is 10.4. The summed E-state index contributed by atoms with van der Waals surface area (Å²) in [4.78, 5) is 17.9. The summed E-state index contributed by atoms with van der Waals surface area (Å²) >= 11 is 0. The first kappa shape index (κ1) is 12.2. The van der Waals surface area contributed by atoms with Crippen LogP contribution in [-0.4, -0.2) is 27.5 Å². The van der Waals surface area contributed by atoms with Gasteiger partial charge in [-0.3, -0.25) is 10.1 Å². The largest absolute Gasteiger partial charge is 0.470 e. The SMILES string of the molecule is CCNc1ncc([N+](=O)[O-])c(OC(C)C)n1. The molecule has 0 aliphatic rings. The Bertz CT molecular complexity index is 381. The van der Waals surface area contributed by atoms with Crippen LogP contribution < -0.4 is 10.1 Å². The molecule has 0 spiro atoms. The molecule has 7 heteroatoms. The second kappa shape index (κ2) is 5.24. The maximum absolute atomic E-state index is 10.7. The molecule has 16 heavy (non-hydrogen) atoms. The normalized spacial score (nSPS) is 10.2. The highest BCUT2D eigenvalue weighted by molar-refractivity contribution is 5.43. The number of aromatic nitrogens is 2. The second-order valence-electron chi connectivity index (χ2n) is 3.34. The van der Waals surface area contributed by atoms with Crippen LogP contribution in [0.5, 0.6) is 5.88 Å². The van der Waals surface area contributed by atoms with Gasteiger partial charge < -0.3 is 10.1 Å². The van der Waals surface area contributed by atoms with E-state index in [1.807, 2.05) is 6.92 Å². The van der Waals surface area contributed by atoms with Crippen LogP contribution in [-0.2, 0) is 0 Å². The van der Waals surface area contributed by atoms with Gasteiger partial charge in [-0.25, -0.2) is 4.98 Å². The molecule has 0 atom stereocenters. The molecule has 0 radical (unpaired) electrons. The van der Waals surface area contributed by atoms with Gasteiger partial charge in [0.1, 0.15) is 6.20 Å². The van der Waals surface area contributed by atoms with Crippen LogP contribution in [0.1, 0.15) is 20.8 Å². The first-order chi connectivity index (χ1) is 7.54. The minimum atomic E-state index is -0.562. The van der Waals surface area contributed by atoms with Gasteiger partial charge in [-0.15, -0.1) is 0 Å². The van der Waals surface area contributed by atoms with Crippen molar-refractivity contribution in [2.45, 2.75) is 26.9 Å². The van der Waals surface area contributed by atoms with E-state index in [0.717, 1.165) is 6.20 Å². The third kappa shape index (κ3) is 3.04. The molecule has 1 heterocycles. The van der Waals surface area contributed by atoms with Crippen molar-refractivity contribution in [3.63, 3.8) is 0 Å². The Kier molecular flexibility index (Phi) is 3.98. The van der Waals surface area contributed by atoms with Crippen LogP contribution in [0.15, 0.2) is 6.20 Å². The predicted octanol–water partition coefficient (Wildman–Crippen LogP) is 1.60.